The summed E-state index contributed by atoms with van der Waals surface area (Å²) in [4.78, 5) is 3.49. The normalized spacial score (nSPS) is 22.5. The fraction of sp³-hybridized carbons (Fsp3) is 0.368. The second kappa shape index (κ2) is 8.75. The molecule has 2 aromatic rings. The number of hydrogen-bond acceptors (Lipinski definition) is 8. The number of alkyl halides is 3. The van der Waals surface area contributed by atoms with E-state index in [0.29, 0.717) is 6.20 Å². The molecule has 1 saturated heterocycles. The van der Waals surface area contributed by atoms with Crippen molar-refractivity contribution in [3.8, 4) is 17.6 Å². The summed E-state index contributed by atoms with van der Waals surface area (Å²) in [6.45, 7) is 0.0696. The van der Waals surface area contributed by atoms with Gasteiger partial charge in [-0.05, 0) is 31.2 Å². The minimum absolute atomic E-state index is 0.124. The first kappa shape index (κ1) is 24.6. The Balaban J connectivity index is 1.85. The van der Waals surface area contributed by atoms with Crippen molar-refractivity contribution in [3.05, 3.63) is 47.9 Å². The molecule has 0 unspecified atom stereocenters. The number of β-amino-alcohol motifs (C(OH)–C–C–N with tert-alkyl or cyclic N) is 1. The summed E-state index contributed by atoms with van der Waals surface area (Å²) in [5, 5.41) is 29.2. The van der Waals surface area contributed by atoms with Crippen molar-refractivity contribution in [2.24, 2.45) is 0 Å². The number of nitrogens with zero attached hydrogens (tertiary/aromatic N) is 3. The molecule has 0 aliphatic carbocycles. The molecular weight excluding hydrogens is 474 g/mol. The van der Waals surface area contributed by atoms with Gasteiger partial charge in [-0.25, -0.2) is 17.8 Å². The minimum atomic E-state index is -4.99. The van der Waals surface area contributed by atoms with Crippen LogP contribution in [0.15, 0.2) is 41.6 Å². The third-order valence-electron chi connectivity index (χ3n) is 4.97. The van der Waals surface area contributed by atoms with E-state index in [4.69, 9.17) is 10.00 Å². The summed E-state index contributed by atoms with van der Waals surface area (Å²) in [5.41, 5.74) is -2.37. The standard InChI is InChI=1S/C19H17F4N3O6S/c1-11(27)18(28)10-26(9-16(18)31-13-3-2-12(7-24)15(20)6-13)33(29,30)17-5-4-14(8-25-17)32-19(21,22)23/h2-6,8,11,16,27-28H,9-10H2,1H3/t11-,16+,18-/m1/s1. The van der Waals surface area contributed by atoms with Crippen molar-refractivity contribution in [1.82, 2.24) is 9.29 Å². The molecule has 3 atom stereocenters. The molecule has 14 heteroatoms. The number of rotatable bonds is 6. The van der Waals surface area contributed by atoms with E-state index in [1.165, 1.54) is 13.0 Å². The molecule has 3 rings (SSSR count). The number of ether oxygens (including phenoxy) is 2. The number of aliphatic hydroxyl groups is 2. The van der Waals surface area contributed by atoms with Gasteiger partial charge >= 0.3 is 6.36 Å². The zero-order valence-corrected chi connectivity index (χ0v) is 17.6. The van der Waals surface area contributed by atoms with Crippen molar-refractivity contribution in [2.45, 2.75) is 36.1 Å². The smallest absolute Gasteiger partial charge is 0.486 e. The number of halogens is 4. The van der Waals surface area contributed by atoms with Crippen LogP contribution in [0.1, 0.15) is 12.5 Å². The van der Waals surface area contributed by atoms with E-state index < -0.39 is 63.9 Å². The van der Waals surface area contributed by atoms with Gasteiger partial charge in [0.15, 0.2) is 5.03 Å². The first-order chi connectivity index (χ1) is 15.3. The number of benzene rings is 1. The fourth-order valence-electron chi connectivity index (χ4n) is 3.19. The Morgan fingerprint density at radius 1 is 1.30 bits per heavy atom. The Morgan fingerprint density at radius 3 is 2.48 bits per heavy atom. The topological polar surface area (TPSA) is 133 Å². The van der Waals surface area contributed by atoms with Gasteiger partial charge < -0.3 is 19.7 Å². The highest BCUT2D eigenvalue weighted by Gasteiger charge is 2.54. The third-order valence-corrected chi connectivity index (χ3v) is 6.69. The molecule has 0 spiro atoms. The number of aliphatic hydroxyl groups excluding tert-OH is 1. The highest BCUT2D eigenvalue weighted by atomic mass is 32.2. The lowest BCUT2D eigenvalue weighted by molar-refractivity contribution is -0.274. The SMILES string of the molecule is C[C@@H](O)[C@]1(O)CN(S(=O)(=O)c2ccc(OC(F)(F)F)cn2)C[C@@H]1Oc1ccc(C#N)c(F)c1. The van der Waals surface area contributed by atoms with Crippen LogP contribution in [0.25, 0.3) is 0 Å². The molecule has 0 saturated carbocycles. The minimum Gasteiger partial charge on any atom is -0.486 e. The first-order valence-corrected chi connectivity index (χ1v) is 10.7. The Labute approximate surface area is 185 Å². The second-order valence-electron chi connectivity index (χ2n) is 7.20. The van der Waals surface area contributed by atoms with Gasteiger partial charge in [-0.2, -0.15) is 9.57 Å². The van der Waals surface area contributed by atoms with Gasteiger partial charge in [0, 0.05) is 12.6 Å². The number of aromatic nitrogens is 1. The number of nitriles is 1. The quantitative estimate of drug-likeness (QED) is 0.582. The van der Waals surface area contributed by atoms with Crippen LogP contribution in [0.3, 0.4) is 0 Å². The van der Waals surface area contributed by atoms with E-state index in [0.717, 1.165) is 28.6 Å². The van der Waals surface area contributed by atoms with Crippen LogP contribution >= 0.6 is 0 Å². The molecule has 1 aromatic carbocycles. The molecule has 0 bridgehead atoms. The van der Waals surface area contributed by atoms with E-state index in [2.05, 4.69) is 9.72 Å². The van der Waals surface area contributed by atoms with E-state index in [-0.39, 0.29) is 11.3 Å². The van der Waals surface area contributed by atoms with Crippen LogP contribution in [-0.4, -0.2) is 65.2 Å². The van der Waals surface area contributed by atoms with Gasteiger partial charge in [0.05, 0.1) is 24.4 Å². The summed E-state index contributed by atoms with van der Waals surface area (Å²) in [7, 11) is -4.43. The van der Waals surface area contributed by atoms with Gasteiger partial charge in [-0.15, -0.1) is 13.2 Å². The van der Waals surface area contributed by atoms with Crippen LogP contribution in [0.5, 0.6) is 11.5 Å². The van der Waals surface area contributed by atoms with Gasteiger partial charge in [0.25, 0.3) is 10.0 Å². The summed E-state index contributed by atoms with van der Waals surface area (Å²) in [6, 6.07) is 6.42. The molecule has 1 aromatic heterocycles. The van der Waals surface area contributed by atoms with Crippen LogP contribution in [0, 0.1) is 17.1 Å². The fourth-order valence-corrected chi connectivity index (χ4v) is 4.58. The van der Waals surface area contributed by atoms with Crippen LogP contribution < -0.4 is 9.47 Å². The summed E-state index contributed by atoms with van der Waals surface area (Å²) in [6.07, 6.45) is -7.25. The van der Waals surface area contributed by atoms with Gasteiger partial charge in [0.1, 0.15) is 35.1 Å². The molecule has 0 radical (unpaired) electrons. The predicted molar refractivity (Wildman–Crippen MR) is 102 cm³/mol. The van der Waals surface area contributed by atoms with Crippen molar-refractivity contribution < 1.29 is 45.7 Å². The lowest BCUT2D eigenvalue weighted by Crippen LogP contribution is -2.53. The average Bonchev–Trinajstić information content (AvgIpc) is 3.06. The maximum atomic E-state index is 13.9. The van der Waals surface area contributed by atoms with Crippen LogP contribution in [-0.2, 0) is 10.0 Å². The third kappa shape index (κ3) is 5.17. The highest BCUT2D eigenvalue weighted by Crippen LogP contribution is 2.33. The molecule has 178 valence electrons. The molecule has 2 N–H and O–H groups in total. The summed E-state index contributed by atoms with van der Waals surface area (Å²) < 4.78 is 86.6. The lowest BCUT2D eigenvalue weighted by atomic mass is 9.94. The van der Waals surface area contributed by atoms with E-state index in [1.54, 1.807) is 6.07 Å². The Morgan fingerprint density at radius 2 is 1.97 bits per heavy atom. The lowest BCUT2D eigenvalue weighted by Gasteiger charge is -2.31. The number of hydrogen-bond donors (Lipinski definition) is 2. The number of pyridine rings is 1. The maximum absolute atomic E-state index is 13.9. The molecule has 2 heterocycles. The van der Waals surface area contributed by atoms with Crippen molar-refractivity contribution >= 4 is 10.0 Å². The molecule has 1 aliphatic rings. The monoisotopic (exact) mass is 491 g/mol. The van der Waals surface area contributed by atoms with E-state index in [1.807, 2.05) is 0 Å². The zero-order chi connectivity index (χ0) is 24.6. The van der Waals surface area contributed by atoms with Crippen molar-refractivity contribution in [3.63, 3.8) is 0 Å². The Hall–Kier alpha value is -2.99. The number of sulfonamides is 1. The molecular formula is C19H17F4N3O6S. The highest BCUT2D eigenvalue weighted by molar-refractivity contribution is 7.89. The zero-order valence-electron chi connectivity index (χ0n) is 16.8. The molecule has 9 nitrogen and oxygen atoms in total. The van der Waals surface area contributed by atoms with E-state index in [9.17, 15) is 36.2 Å². The predicted octanol–water partition coefficient (Wildman–Crippen LogP) is 1.55. The van der Waals surface area contributed by atoms with Gasteiger partial charge in [-0.1, -0.05) is 0 Å². The van der Waals surface area contributed by atoms with Gasteiger partial charge in [0.2, 0.25) is 0 Å². The second-order valence-corrected chi connectivity index (χ2v) is 9.09. The molecule has 1 fully saturated rings. The summed E-state index contributed by atoms with van der Waals surface area (Å²) >= 11 is 0. The molecule has 33 heavy (non-hydrogen) atoms. The van der Waals surface area contributed by atoms with Crippen LogP contribution in [0.4, 0.5) is 17.6 Å². The van der Waals surface area contributed by atoms with Gasteiger partial charge in [-0.3, -0.25) is 0 Å². The Kier molecular flexibility index (Phi) is 6.53. The largest absolute Gasteiger partial charge is 0.573 e. The average molecular weight is 491 g/mol. The summed E-state index contributed by atoms with van der Waals surface area (Å²) in [5.74, 6) is -1.75. The van der Waals surface area contributed by atoms with Crippen molar-refractivity contribution in [1.29, 1.82) is 5.26 Å². The van der Waals surface area contributed by atoms with Crippen molar-refractivity contribution in [2.75, 3.05) is 13.1 Å². The first-order valence-electron chi connectivity index (χ1n) is 9.25. The van der Waals surface area contributed by atoms with E-state index >= 15 is 0 Å². The van der Waals surface area contributed by atoms with Crippen LogP contribution in [0.2, 0.25) is 0 Å². The maximum Gasteiger partial charge on any atom is 0.573 e. The molecule has 1 aliphatic heterocycles. The Bertz CT molecular complexity index is 1170. The molecule has 0 amide bonds.